The van der Waals surface area contributed by atoms with Gasteiger partial charge in [0.05, 0.1) is 17.3 Å². The highest BCUT2D eigenvalue weighted by Gasteiger charge is 2.21. The fourth-order valence-corrected chi connectivity index (χ4v) is 3.62. The largest absolute Gasteiger partial charge is 0.320 e. The Bertz CT molecular complexity index is 645. The lowest BCUT2D eigenvalue weighted by atomic mass is 9.93. The van der Waals surface area contributed by atoms with Crippen LogP contribution in [0.5, 0.6) is 0 Å². The predicted octanol–water partition coefficient (Wildman–Crippen LogP) is 3.63. The molecule has 1 aromatic carbocycles. The van der Waals surface area contributed by atoms with E-state index in [4.69, 9.17) is 15.7 Å². The van der Waals surface area contributed by atoms with Gasteiger partial charge in [-0.15, -0.1) is 0 Å². The van der Waals surface area contributed by atoms with Gasteiger partial charge in [0.1, 0.15) is 5.82 Å². The van der Waals surface area contributed by atoms with Crippen LogP contribution in [0, 0.1) is 0 Å². The molecule has 1 aromatic heterocycles. The van der Waals surface area contributed by atoms with Crippen LogP contribution in [0.1, 0.15) is 62.0 Å². The van der Waals surface area contributed by atoms with Crippen LogP contribution in [-0.4, -0.2) is 35.5 Å². The average Bonchev–Trinajstić information content (AvgIpc) is 2.82. The van der Waals surface area contributed by atoms with Gasteiger partial charge < -0.3 is 10.6 Å². The molecule has 1 heterocycles. The Balaban J connectivity index is 2.03. The Morgan fingerprint density at radius 3 is 2.48 bits per heavy atom. The van der Waals surface area contributed by atoms with E-state index in [0.29, 0.717) is 5.92 Å². The topological polar surface area (TPSA) is 55.0 Å². The minimum absolute atomic E-state index is 0.140. The van der Waals surface area contributed by atoms with Crippen LogP contribution in [0.2, 0.25) is 0 Å². The van der Waals surface area contributed by atoms with E-state index in [1.165, 1.54) is 49.6 Å². The van der Waals surface area contributed by atoms with Crippen LogP contribution >= 0.6 is 0 Å². The maximum Gasteiger partial charge on any atom is 0.147 e. The zero-order chi connectivity index (χ0) is 16.2. The van der Waals surface area contributed by atoms with Crippen molar-refractivity contribution in [3.63, 3.8) is 0 Å². The lowest BCUT2D eigenvalue weighted by Gasteiger charge is -2.20. The highest BCUT2D eigenvalue weighted by Crippen LogP contribution is 2.34. The van der Waals surface area contributed by atoms with Crippen LogP contribution in [-0.2, 0) is 0 Å². The number of aromatic nitrogens is 2. The van der Waals surface area contributed by atoms with Crippen molar-refractivity contribution in [2.75, 3.05) is 20.6 Å². The summed E-state index contributed by atoms with van der Waals surface area (Å²) in [5.41, 5.74) is 8.61. The maximum absolute atomic E-state index is 6.35. The molecule has 0 saturated heterocycles. The Labute approximate surface area is 139 Å². The fraction of sp³-hybridized carbons (Fsp3) is 0.579. The molecule has 1 aliphatic carbocycles. The predicted molar refractivity (Wildman–Crippen MR) is 95.5 cm³/mol. The van der Waals surface area contributed by atoms with Gasteiger partial charge in [-0.05, 0) is 33.0 Å². The fourth-order valence-electron chi connectivity index (χ4n) is 3.62. The van der Waals surface area contributed by atoms with Gasteiger partial charge in [-0.3, -0.25) is 0 Å². The summed E-state index contributed by atoms with van der Waals surface area (Å²) in [6, 6.07) is 8.25. The van der Waals surface area contributed by atoms with Crippen molar-refractivity contribution in [3.05, 3.63) is 35.8 Å². The first kappa shape index (κ1) is 16.3. The molecule has 124 valence electrons. The number of rotatable bonds is 4. The van der Waals surface area contributed by atoms with Crippen molar-refractivity contribution >= 4 is 10.9 Å². The van der Waals surface area contributed by atoms with Crippen molar-refractivity contribution in [3.8, 4) is 0 Å². The van der Waals surface area contributed by atoms with Crippen LogP contribution in [0.25, 0.3) is 10.9 Å². The summed E-state index contributed by atoms with van der Waals surface area (Å²) < 4.78 is 0. The molecule has 1 saturated carbocycles. The van der Waals surface area contributed by atoms with Gasteiger partial charge in [0.2, 0.25) is 0 Å². The molecule has 1 aliphatic rings. The van der Waals surface area contributed by atoms with Crippen molar-refractivity contribution in [2.24, 2.45) is 5.73 Å². The second-order valence-electron chi connectivity index (χ2n) is 7.04. The third-order valence-electron chi connectivity index (χ3n) is 4.79. The summed E-state index contributed by atoms with van der Waals surface area (Å²) in [6.45, 7) is 0.766. The molecular weight excluding hydrogens is 284 g/mol. The summed E-state index contributed by atoms with van der Waals surface area (Å²) in [5.74, 6) is 1.34. The lowest BCUT2D eigenvalue weighted by Crippen LogP contribution is -2.28. The van der Waals surface area contributed by atoms with Gasteiger partial charge in [-0.1, -0.05) is 43.9 Å². The smallest absolute Gasteiger partial charge is 0.147 e. The minimum Gasteiger partial charge on any atom is -0.320 e. The van der Waals surface area contributed by atoms with Crippen molar-refractivity contribution < 1.29 is 0 Å². The summed E-state index contributed by atoms with van der Waals surface area (Å²) >= 11 is 0. The molecule has 2 aromatic rings. The zero-order valence-electron chi connectivity index (χ0n) is 14.3. The normalized spacial score (nSPS) is 18.3. The third kappa shape index (κ3) is 3.88. The van der Waals surface area contributed by atoms with E-state index in [9.17, 15) is 0 Å². The number of likely N-dealkylation sites (N-methyl/N-ethyl adjacent to an activating group) is 1. The molecule has 1 atom stereocenters. The van der Waals surface area contributed by atoms with Crippen molar-refractivity contribution in [1.82, 2.24) is 14.9 Å². The molecule has 1 unspecified atom stereocenters. The molecule has 0 spiro atoms. The first-order valence-corrected chi connectivity index (χ1v) is 8.82. The van der Waals surface area contributed by atoms with Crippen LogP contribution in [0.3, 0.4) is 0 Å². The van der Waals surface area contributed by atoms with Crippen LogP contribution in [0.15, 0.2) is 24.3 Å². The molecule has 0 amide bonds. The monoisotopic (exact) mass is 312 g/mol. The molecule has 2 N–H and O–H groups in total. The SMILES string of the molecule is CN(C)CC(N)c1nc(C2CCCCCC2)c2ccccc2n1. The molecule has 23 heavy (non-hydrogen) atoms. The van der Waals surface area contributed by atoms with Crippen LogP contribution < -0.4 is 5.73 Å². The van der Waals surface area contributed by atoms with Gasteiger partial charge in [0, 0.05) is 17.8 Å². The highest BCUT2D eigenvalue weighted by molar-refractivity contribution is 5.81. The molecule has 0 aliphatic heterocycles. The van der Waals surface area contributed by atoms with E-state index in [1.807, 2.05) is 20.2 Å². The number of hydrogen-bond donors (Lipinski definition) is 1. The number of nitrogens with zero attached hydrogens (tertiary/aromatic N) is 3. The summed E-state index contributed by atoms with van der Waals surface area (Å²) in [5, 5.41) is 1.21. The molecule has 0 radical (unpaired) electrons. The standard InChI is InChI=1S/C19H28N4/c1-23(2)13-16(20)19-21-17-12-8-7-11-15(17)18(22-19)14-9-5-3-4-6-10-14/h7-8,11-12,14,16H,3-6,9-10,13,20H2,1-2H3. The number of hydrogen-bond acceptors (Lipinski definition) is 4. The average molecular weight is 312 g/mol. The highest BCUT2D eigenvalue weighted by atomic mass is 15.1. The second kappa shape index (κ2) is 7.37. The van der Waals surface area contributed by atoms with E-state index in [2.05, 4.69) is 23.1 Å². The molecule has 1 fully saturated rings. The van der Waals surface area contributed by atoms with Gasteiger partial charge >= 0.3 is 0 Å². The Hall–Kier alpha value is -1.52. The van der Waals surface area contributed by atoms with E-state index in [-0.39, 0.29) is 6.04 Å². The maximum atomic E-state index is 6.35. The van der Waals surface area contributed by atoms with E-state index in [0.717, 1.165) is 17.9 Å². The first-order chi connectivity index (χ1) is 11.1. The summed E-state index contributed by atoms with van der Waals surface area (Å²) in [6.07, 6.45) is 7.80. The quantitative estimate of drug-likeness (QED) is 0.876. The zero-order valence-corrected chi connectivity index (χ0v) is 14.3. The van der Waals surface area contributed by atoms with Crippen molar-refractivity contribution in [1.29, 1.82) is 0 Å². The van der Waals surface area contributed by atoms with Crippen molar-refractivity contribution in [2.45, 2.75) is 50.5 Å². The van der Waals surface area contributed by atoms with Gasteiger partial charge in [0.25, 0.3) is 0 Å². The molecule has 0 bridgehead atoms. The lowest BCUT2D eigenvalue weighted by molar-refractivity contribution is 0.369. The second-order valence-corrected chi connectivity index (χ2v) is 7.04. The number of nitrogens with two attached hydrogens (primary N) is 1. The van der Waals surface area contributed by atoms with Crippen LogP contribution in [0.4, 0.5) is 0 Å². The Kier molecular flexibility index (Phi) is 5.23. The number of benzene rings is 1. The van der Waals surface area contributed by atoms with Gasteiger partial charge in [-0.2, -0.15) is 0 Å². The number of para-hydroxylation sites is 1. The molecular formula is C19H28N4. The molecule has 4 nitrogen and oxygen atoms in total. The van der Waals surface area contributed by atoms with Gasteiger partial charge in [0.15, 0.2) is 0 Å². The number of fused-ring (bicyclic) bond motifs is 1. The van der Waals surface area contributed by atoms with E-state index >= 15 is 0 Å². The summed E-state index contributed by atoms with van der Waals surface area (Å²) in [4.78, 5) is 11.8. The van der Waals surface area contributed by atoms with E-state index < -0.39 is 0 Å². The Morgan fingerprint density at radius 1 is 1.09 bits per heavy atom. The van der Waals surface area contributed by atoms with Gasteiger partial charge in [-0.25, -0.2) is 9.97 Å². The Morgan fingerprint density at radius 2 is 1.78 bits per heavy atom. The molecule has 4 heteroatoms. The first-order valence-electron chi connectivity index (χ1n) is 8.82. The molecule has 3 rings (SSSR count). The summed E-state index contributed by atoms with van der Waals surface area (Å²) in [7, 11) is 4.07. The minimum atomic E-state index is -0.140. The third-order valence-corrected chi connectivity index (χ3v) is 4.79. The van der Waals surface area contributed by atoms with E-state index in [1.54, 1.807) is 0 Å².